The molecule has 2 aromatic rings. The first-order valence-electron chi connectivity index (χ1n) is 8.35. The summed E-state index contributed by atoms with van der Waals surface area (Å²) in [6.07, 6.45) is 4.89. The predicted molar refractivity (Wildman–Crippen MR) is 94.7 cm³/mol. The number of aryl methyl sites for hydroxylation is 2. The first-order chi connectivity index (χ1) is 11.7. The van der Waals surface area contributed by atoms with Gasteiger partial charge in [-0.25, -0.2) is 4.79 Å². The third-order valence-electron chi connectivity index (χ3n) is 4.68. The fraction of sp³-hybridized carbons (Fsp3) is 0.389. The molecule has 24 heavy (non-hydrogen) atoms. The second-order valence-electron chi connectivity index (χ2n) is 6.22. The van der Waals surface area contributed by atoms with Crippen molar-refractivity contribution >= 4 is 23.4 Å². The molecule has 0 saturated heterocycles. The number of para-hydroxylation sites is 1. The molecule has 4 rings (SSSR count). The predicted octanol–water partition coefficient (Wildman–Crippen LogP) is 2.33. The van der Waals surface area contributed by atoms with Crippen LogP contribution in [-0.4, -0.2) is 28.2 Å². The number of aromatic nitrogens is 2. The lowest BCUT2D eigenvalue weighted by Gasteiger charge is -2.29. The Morgan fingerprint density at radius 2 is 2.08 bits per heavy atom. The average molecular weight is 341 g/mol. The van der Waals surface area contributed by atoms with E-state index in [1.165, 1.54) is 17.3 Å². The van der Waals surface area contributed by atoms with Crippen molar-refractivity contribution in [1.82, 2.24) is 9.97 Å². The van der Waals surface area contributed by atoms with Gasteiger partial charge in [-0.15, -0.1) is 0 Å². The van der Waals surface area contributed by atoms with Crippen LogP contribution in [0.1, 0.15) is 29.7 Å². The summed E-state index contributed by atoms with van der Waals surface area (Å²) in [5.74, 6) is 0.401. The van der Waals surface area contributed by atoms with Crippen molar-refractivity contribution in [3.8, 4) is 0 Å². The quantitative estimate of drug-likeness (QED) is 0.687. The minimum absolute atomic E-state index is 0.0842. The number of H-pyrrole nitrogens is 1. The molecule has 2 aliphatic rings. The summed E-state index contributed by atoms with van der Waals surface area (Å²) in [7, 11) is 0. The summed E-state index contributed by atoms with van der Waals surface area (Å²) in [6, 6.07) is 8.10. The van der Waals surface area contributed by atoms with Gasteiger partial charge in [0.1, 0.15) is 5.03 Å². The zero-order valence-electron chi connectivity index (χ0n) is 13.4. The Hall–Kier alpha value is -2.08. The van der Waals surface area contributed by atoms with E-state index in [4.69, 9.17) is 0 Å². The van der Waals surface area contributed by atoms with Crippen LogP contribution < -0.4 is 10.6 Å². The third kappa shape index (κ3) is 2.86. The van der Waals surface area contributed by atoms with E-state index in [0.717, 1.165) is 60.6 Å². The van der Waals surface area contributed by atoms with Gasteiger partial charge in [-0.1, -0.05) is 30.0 Å². The number of nitrogens with one attached hydrogen (secondary N) is 1. The summed E-state index contributed by atoms with van der Waals surface area (Å²) >= 11 is 1.39. The number of anilines is 1. The number of aromatic amines is 1. The molecule has 0 fully saturated rings. The minimum atomic E-state index is -0.311. The first kappa shape index (κ1) is 15.4. The van der Waals surface area contributed by atoms with E-state index >= 15 is 0 Å². The van der Waals surface area contributed by atoms with Crippen LogP contribution in [0.25, 0.3) is 0 Å². The van der Waals surface area contributed by atoms with Crippen LogP contribution in [-0.2, 0) is 24.1 Å². The van der Waals surface area contributed by atoms with Gasteiger partial charge >= 0.3 is 5.69 Å². The van der Waals surface area contributed by atoms with Gasteiger partial charge in [0, 0.05) is 23.5 Å². The number of carbonyl (C=O) groups is 1. The Balaban J connectivity index is 1.52. The lowest BCUT2D eigenvalue weighted by Crippen LogP contribution is -2.36. The fourth-order valence-corrected chi connectivity index (χ4v) is 4.52. The molecule has 1 aliphatic heterocycles. The van der Waals surface area contributed by atoms with Crippen molar-refractivity contribution in [2.24, 2.45) is 0 Å². The van der Waals surface area contributed by atoms with Gasteiger partial charge in [-0.2, -0.15) is 4.98 Å². The number of fused-ring (bicyclic) bond motifs is 2. The largest absolute Gasteiger partial charge is 0.346 e. The number of rotatable bonds is 3. The Bertz CT molecular complexity index is 846. The average Bonchev–Trinajstić information content (AvgIpc) is 3.07. The lowest BCUT2D eigenvalue weighted by molar-refractivity contribution is -0.116. The number of hydrogen-bond donors (Lipinski definition) is 1. The standard InChI is InChI=1S/C18H19N3O2S/c22-16(21-10-4-6-12-5-1-2-9-15(12)21)11-24-17-13-7-3-8-14(13)19-18(23)20-17/h1-2,5,9H,3-4,6-8,10-11H2,(H,19,20,23). The maximum absolute atomic E-state index is 12.7. The summed E-state index contributed by atoms with van der Waals surface area (Å²) in [4.78, 5) is 33.2. The minimum Gasteiger partial charge on any atom is -0.311 e. The molecule has 1 aromatic heterocycles. The fourth-order valence-electron chi connectivity index (χ4n) is 3.55. The SMILES string of the molecule is O=C(CSc1nc(=O)[nH]c2c1CCC2)N1CCCc2ccccc21. The molecule has 1 aromatic carbocycles. The van der Waals surface area contributed by atoms with E-state index in [2.05, 4.69) is 16.0 Å². The van der Waals surface area contributed by atoms with Crippen LogP contribution >= 0.6 is 11.8 Å². The van der Waals surface area contributed by atoms with Gasteiger partial charge < -0.3 is 9.88 Å². The van der Waals surface area contributed by atoms with E-state index in [9.17, 15) is 9.59 Å². The molecule has 1 N–H and O–H groups in total. The molecule has 0 saturated carbocycles. The van der Waals surface area contributed by atoms with Crippen LogP contribution in [0, 0.1) is 0 Å². The number of thioether (sulfide) groups is 1. The summed E-state index contributed by atoms with van der Waals surface area (Å²) in [6.45, 7) is 0.761. The van der Waals surface area contributed by atoms with Gasteiger partial charge in [0.25, 0.3) is 0 Å². The van der Waals surface area contributed by atoms with Gasteiger partial charge in [0.05, 0.1) is 5.75 Å². The van der Waals surface area contributed by atoms with Crippen LogP contribution in [0.4, 0.5) is 5.69 Å². The zero-order valence-corrected chi connectivity index (χ0v) is 14.2. The maximum atomic E-state index is 12.7. The van der Waals surface area contributed by atoms with E-state index in [-0.39, 0.29) is 11.6 Å². The van der Waals surface area contributed by atoms with Crippen molar-refractivity contribution < 1.29 is 4.79 Å². The lowest BCUT2D eigenvalue weighted by atomic mass is 10.0. The maximum Gasteiger partial charge on any atom is 0.346 e. The molecule has 5 nitrogen and oxygen atoms in total. The monoisotopic (exact) mass is 341 g/mol. The van der Waals surface area contributed by atoms with Crippen molar-refractivity contribution in [2.45, 2.75) is 37.1 Å². The molecule has 0 unspecified atom stereocenters. The van der Waals surface area contributed by atoms with E-state index in [0.29, 0.717) is 5.75 Å². The number of amides is 1. The van der Waals surface area contributed by atoms with E-state index in [1.54, 1.807) is 0 Å². The number of hydrogen-bond acceptors (Lipinski definition) is 4. The second-order valence-corrected chi connectivity index (χ2v) is 7.19. The van der Waals surface area contributed by atoms with Crippen molar-refractivity contribution in [3.63, 3.8) is 0 Å². The van der Waals surface area contributed by atoms with Gasteiger partial charge in [-0.05, 0) is 43.7 Å². The smallest absolute Gasteiger partial charge is 0.311 e. The van der Waals surface area contributed by atoms with Crippen molar-refractivity contribution in [2.75, 3.05) is 17.2 Å². The van der Waals surface area contributed by atoms with Gasteiger partial charge in [-0.3, -0.25) is 4.79 Å². The van der Waals surface area contributed by atoms with Crippen molar-refractivity contribution in [3.05, 3.63) is 51.6 Å². The number of carbonyl (C=O) groups excluding carboxylic acids is 1. The van der Waals surface area contributed by atoms with Crippen LogP contribution in [0.15, 0.2) is 34.1 Å². The summed E-state index contributed by atoms with van der Waals surface area (Å²) in [5, 5.41) is 0.727. The highest BCUT2D eigenvalue weighted by molar-refractivity contribution is 8.00. The first-order valence-corrected chi connectivity index (χ1v) is 9.34. The van der Waals surface area contributed by atoms with Crippen molar-refractivity contribution in [1.29, 1.82) is 0 Å². The normalized spacial score (nSPS) is 15.9. The van der Waals surface area contributed by atoms with Crippen LogP contribution in [0.5, 0.6) is 0 Å². The number of benzene rings is 1. The summed E-state index contributed by atoms with van der Waals surface area (Å²) < 4.78 is 0. The number of nitrogens with zero attached hydrogens (tertiary/aromatic N) is 2. The molecular weight excluding hydrogens is 322 g/mol. The molecule has 0 spiro atoms. The Morgan fingerprint density at radius 1 is 1.21 bits per heavy atom. The second kappa shape index (κ2) is 6.43. The topological polar surface area (TPSA) is 66.1 Å². The molecular formula is C18H19N3O2S. The van der Waals surface area contributed by atoms with Gasteiger partial charge in [0.2, 0.25) is 5.91 Å². The highest BCUT2D eigenvalue weighted by atomic mass is 32.2. The molecule has 1 aliphatic carbocycles. The molecule has 2 heterocycles. The molecule has 0 radical (unpaired) electrons. The highest BCUT2D eigenvalue weighted by Gasteiger charge is 2.24. The zero-order chi connectivity index (χ0) is 16.5. The molecule has 0 bridgehead atoms. The van der Waals surface area contributed by atoms with Crippen LogP contribution in [0.2, 0.25) is 0 Å². The van der Waals surface area contributed by atoms with Crippen LogP contribution in [0.3, 0.4) is 0 Å². The van der Waals surface area contributed by atoms with E-state index < -0.39 is 0 Å². The molecule has 6 heteroatoms. The Labute approximate surface area is 144 Å². The molecule has 124 valence electrons. The molecule has 0 atom stereocenters. The third-order valence-corrected chi connectivity index (χ3v) is 5.68. The highest BCUT2D eigenvalue weighted by Crippen LogP contribution is 2.30. The van der Waals surface area contributed by atoms with E-state index in [1.807, 2.05) is 23.1 Å². The molecule has 1 amide bonds. The Kier molecular flexibility index (Phi) is 4.14. The van der Waals surface area contributed by atoms with Gasteiger partial charge in [0.15, 0.2) is 0 Å². The summed E-state index contributed by atoms with van der Waals surface area (Å²) in [5.41, 5.74) is 4.06. The Morgan fingerprint density at radius 3 is 3.00 bits per heavy atom.